The molecule has 0 aliphatic rings. The molecule has 0 aromatic carbocycles. The van der Waals surface area contributed by atoms with Gasteiger partial charge in [0.05, 0.1) is 14.1 Å². The molecule has 4 aromatic heterocycles. The highest BCUT2D eigenvalue weighted by atomic mass is 15.1. The molecule has 24 heavy (non-hydrogen) atoms. The molecule has 0 unspecified atom stereocenters. The number of rotatable bonds is 2. The van der Waals surface area contributed by atoms with E-state index in [0.717, 1.165) is 0 Å². The summed E-state index contributed by atoms with van der Waals surface area (Å²) in [5.41, 5.74) is 0. The minimum Gasteiger partial charge on any atom is -0.450 e. The van der Waals surface area contributed by atoms with Crippen molar-refractivity contribution >= 4 is 12.4 Å². The van der Waals surface area contributed by atoms with Gasteiger partial charge in [-0.05, 0) is 0 Å². The monoisotopic (exact) mass is 324 g/mol. The number of imidazole rings is 4. The average molecular weight is 324 g/mol. The standard InChI is InChI=1S/C10H14N4.2C3H3N2/c1-11-3-5-13(9-11)7-8-14-6-4-12(2)10-14;2*1-2-5-3-4-1/h3-10H,1-2H3;2*1-3H/q+2;2*-1. The lowest BCUT2D eigenvalue weighted by molar-refractivity contribution is -0.670. The van der Waals surface area contributed by atoms with Gasteiger partial charge < -0.3 is 19.9 Å². The average Bonchev–Trinajstić information content (AvgIpc) is 3.36. The van der Waals surface area contributed by atoms with Gasteiger partial charge in [-0.3, -0.25) is 0 Å². The van der Waals surface area contributed by atoms with E-state index in [4.69, 9.17) is 0 Å². The number of hydrogen-bond donors (Lipinski definition) is 0. The van der Waals surface area contributed by atoms with Crippen molar-refractivity contribution in [3.63, 3.8) is 0 Å². The molecule has 4 heterocycles. The highest BCUT2D eigenvalue weighted by Gasteiger charge is 1.97. The summed E-state index contributed by atoms with van der Waals surface area (Å²) in [6.45, 7) is 0. The van der Waals surface area contributed by atoms with Gasteiger partial charge in [0.25, 0.3) is 0 Å². The Labute approximate surface area is 140 Å². The van der Waals surface area contributed by atoms with Gasteiger partial charge in [0.1, 0.15) is 37.2 Å². The fourth-order valence-corrected chi connectivity index (χ4v) is 1.65. The number of hydrogen-bond acceptors (Lipinski definition) is 2. The van der Waals surface area contributed by atoms with Crippen LogP contribution in [0.5, 0.6) is 0 Å². The molecule has 0 fully saturated rings. The molecule has 0 amide bonds. The van der Waals surface area contributed by atoms with Crippen LogP contribution in [-0.2, 0) is 14.1 Å². The van der Waals surface area contributed by atoms with Crippen LogP contribution >= 0.6 is 0 Å². The van der Waals surface area contributed by atoms with Gasteiger partial charge in [-0.1, -0.05) is 37.4 Å². The van der Waals surface area contributed by atoms with Crippen LogP contribution in [0, 0.1) is 0 Å². The molecule has 124 valence electrons. The van der Waals surface area contributed by atoms with E-state index in [0.29, 0.717) is 0 Å². The lowest BCUT2D eigenvalue weighted by Gasteiger charge is -1.82. The van der Waals surface area contributed by atoms with E-state index in [1.807, 2.05) is 82.2 Å². The maximum Gasteiger partial charge on any atom is 0.248 e. The van der Waals surface area contributed by atoms with E-state index < -0.39 is 0 Å². The molecule has 8 nitrogen and oxygen atoms in total. The summed E-state index contributed by atoms with van der Waals surface area (Å²) >= 11 is 0. The van der Waals surface area contributed by atoms with Gasteiger partial charge in [0.15, 0.2) is 0 Å². The Kier molecular flexibility index (Phi) is 6.75. The van der Waals surface area contributed by atoms with Gasteiger partial charge in [-0.15, -0.1) is 0 Å². The number of aromatic nitrogens is 8. The predicted octanol–water partition coefficient (Wildman–Crippen LogP) is 0.102. The first kappa shape index (κ1) is 16.9. The molecule has 0 saturated heterocycles. The second-order valence-electron chi connectivity index (χ2n) is 4.77. The molecule has 0 aliphatic heterocycles. The topological polar surface area (TPSA) is 71.6 Å². The Hall–Kier alpha value is -3.42. The number of nitrogens with zero attached hydrogens (tertiary/aromatic N) is 8. The lowest BCUT2D eigenvalue weighted by Crippen LogP contribution is -2.23. The molecule has 0 saturated carbocycles. The van der Waals surface area contributed by atoms with Crippen LogP contribution in [0.2, 0.25) is 0 Å². The third-order valence-electron chi connectivity index (χ3n) is 2.73. The molecular formula is C16H20N8. The summed E-state index contributed by atoms with van der Waals surface area (Å²) < 4.78 is 8.00. The van der Waals surface area contributed by atoms with E-state index in [1.54, 1.807) is 24.8 Å². The largest absolute Gasteiger partial charge is 0.450 e. The zero-order valence-electron chi connectivity index (χ0n) is 13.7. The summed E-state index contributed by atoms with van der Waals surface area (Å²) in [6, 6.07) is 0. The summed E-state index contributed by atoms with van der Waals surface area (Å²) in [5.74, 6) is 0. The molecular weight excluding hydrogens is 304 g/mol. The van der Waals surface area contributed by atoms with E-state index in [-0.39, 0.29) is 0 Å². The molecule has 0 N–H and O–H groups in total. The molecule has 8 heteroatoms. The Bertz CT molecular complexity index is 690. The van der Waals surface area contributed by atoms with E-state index in [9.17, 15) is 0 Å². The highest BCUT2D eigenvalue weighted by molar-refractivity contribution is 5.42. The van der Waals surface area contributed by atoms with E-state index in [2.05, 4.69) is 19.9 Å². The van der Waals surface area contributed by atoms with Crippen molar-refractivity contribution in [1.82, 2.24) is 29.1 Å². The Morgan fingerprint density at radius 3 is 1.46 bits per heavy atom. The minimum atomic E-state index is 1.50. The van der Waals surface area contributed by atoms with Crippen molar-refractivity contribution in [1.29, 1.82) is 0 Å². The van der Waals surface area contributed by atoms with Crippen LogP contribution in [-0.4, -0.2) is 19.1 Å². The third-order valence-corrected chi connectivity index (χ3v) is 2.73. The van der Waals surface area contributed by atoms with Gasteiger partial charge in [-0.2, -0.15) is 0 Å². The first-order valence-electron chi connectivity index (χ1n) is 7.21. The highest BCUT2D eigenvalue weighted by Crippen LogP contribution is 1.90. The van der Waals surface area contributed by atoms with Crippen molar-refractivity contribution in [3.8, 4) is 0 Å². The van der Waals surface area contributed by atoms with Crippen molar-refractivity contribution in [2.75, 3.05) is 0 Å². The van der Waals surface area contributed by atoms with Crippen LogP contribution < -0.4 is 19.1 Å². The summed E-state index contributed by atoms with van der Waals surface area (Å²) in [5, 5.41) is 0. The van der Waals surface area contributed by atoms with Crippen molar-refractivity contribution in [2.24, 2.45) is 14.1 Å². The van der Waals surface area contributed by atoms with Crippen molar-refractivity contribution < 1.29 is 9.13 Å². The molecule has 0 radical (unpaired) electrons. The fraction of sp³-hybridized carbons (Fsp3) is 0.125. The quantitative estimate of drug-likeness (QED) is 0.490. The zero-order valence-corrected chi connectivity index (χ0v) is 13.7. The van der Waals surface area contributed by atoms with E-state index >= 15 is 0 Å². The maximum atomic E-state index is 3.61. The third kappa shape index (κ3) is 6.56. The van der Waals surface area contributed by atoms with Crippen LogP contribution in [0.4, 0.5) is 0 Å². The van der Waals surface area contributed by atoms with Crippen LogP contribution in [0.15, 0.2) is 74.9 Å². The Morgan fingerprint density at radius 2 is 1.25 bits per heavy atom. The SMILES string of the molecule is C[n+]1ccn(C=Cn2cc[n+](C)c2)c1.c1c[n-]cn1.c1c[n-]cn1. The lowest BCUT2D eigenvalue weighted by atomic mass is 10.8. The summed E-state index contributed by atoms with van der Waals surface area (Å²) in [4.78, 5) is 14.4. The van der Waals surface area contributed by atoms with E-state index in [1.165, 1.54) is 12.7 Å². The Morgan fingerprint density at radius 1 is 0.792 bits per heavy atom. The summed E-state index contributed by atoms with van der Waals surface area (Å²) in [7, 11) is 4.00. The van der Waals surface area contributed by atoms with Crippen LogP contribution in [0.1, 0.15) is 0 Å². The molecule has 0 atom stereocenters. The van der Waals surface area contributed by atoms with Gasteiger partial charge in [-0.25, -0.2) is 18.3 Å². The molecule has 0 aliphatic carbocycles. The second-order valence-corrected chi connectivity index (χ2v) is 4.77. The van der Waals surface area contributed by atoms with Gasteiger partial charge in [0, 0.05) is 0 Å². The molecule has 4 rings (SSSR count). The maximum absolute atomic E-state index is 3.61. The molecule has 0 bridgehead atoms. The zero-order chi connectivity index (χ0) is 17.0. The van der Waals surface area contributed by atoms with Crippen molar-refractivity contribution in [3.05, 3.63) is 74.9 Å². The van der Waals surface area contributed by atoms with Gasteiger partial charge >= 0.3 is 0 Å². The Balaban J connectivity index is 0.000000169. The first-order chi connectivity index (χ1) is 11.7. The normalized spacial score (nSPS) is 9.92. The van der Waals surface area contributed by atoms with Gasteiger partial charge in [0.2, 0.25) is 12.7 Å². The van der Waals surface area contributed by atoms with Crippen LogP contribution in [0.25, 0.3) is 12.4 Å². The second kappa shape index (κ2) is 9.57. The molecule has 4 aromatic rings. The minimum absolute atomic E-state index is 1.50. The number of aryl methyl sites for hydroxylation is 2. The van der Waals surface area contributed by atoms with Crippen molar-refractivity contribution in [2.45, 2.75) is 0 Å². The summed E-state index contributed by atoms with van der Waals surface area (Å²) in [6.07, 6.45) is 25.6. The molecule has 0 spiro atoms. The first-order valence-corrected chi connectivity index (χ1v) is 7.21. The fourth-order valence-electron chi connectivity index (χ4n) is 1.65. The smallest absolute Gasteiger partial charge is 0.248 e. The predicted molar refractivity (Wildman–Crippen MR) is 87.9 cm³/mol. The van der Waals surface area contributed by atoms with Crippen LogP contribution in [0.3, 0.4) is 0 Å².